The van der Waals surface area contributed by atoms with Crippen molar-refractivity contribution in [3.05, 3.63) is 12.7 Å². The van der Waals surface area contributed by atoms with Gasteiger partial charge in [0.1, 0.15) is 6.10 Å². The van der Waals surface area contributed by atoms with Crippen molar-refractivity contribution in [3.63, 3.8) is 0 Å². The molecule has 1 N–H and O–H groups in total. The van der Waals surface area contributed by atoms with E-state index in [2.05, 4.69) is 10.8 Å². The van der Waals surface area contributed by atoms with Crippen LogP contribution in [-0.4, -0.2) is 39.8 Å². The number of rotatable bonds is 7. The SMILES string of the molecule is C=CCOCC(O)COS(=O)[O-]. The lowest BCUT2D eigenvalue weighted by Gasteiger charge is -2.11. The largest absolute Gasteiger partial charge is 0.750 e. The average Bonchev–Trinajstić information content (AvgIpc) is 2.01. The summed E-state index contributed by atoms with van der Waals surface area (Å²) in [6.07, 6.45) is 0.599. The molecule has 0 amide bonds. The Morgan fingerprint density at radius 2 is 2.33 bits per heavy atom. The third kappa shape index (κ3) is 7.83. The first-order valence-corrected chi connectivity index (χ1v) is 4.26. The van der Waals surface area contributed by atoms with Gasteiger partial charge in [0.2, 0.25) is 0 Å². The minimum absolute atomic E-state index is 0.0310. The highest BCUT2D eigenvalue weighted by Crippen LogP contribution is 1.89. The minimum atomic E-state index is -2.58. The van der Waals surface area contributed by atoms with E-state index in [4.69, 9.17) is 9.84 Å². The van der Waals surface area contributed by atoms with Crippen molar-refractivity contribution in [3.8, 4) is 0 Å². The summed E-state index contributed by atoms with van der Waals surface area (Å²) in [7, 11) is 0. The second-order valence-corrected chi connectivity index (χ2v) is 2.61. The Kier molecular flexibility index (Phi) is 7.22. The molecule has 0 aromatic heterocycles. The van der Waals surface area contributed by atoms with Gasteiger partial charge in [0.05, 0.1) is 31.2 Å². The molecule has 0 aliphatic carbocycles. The quantitative estimate of drug-likeness (QED) is 0.332. The monoisotopic (exact) mass is 195 g/mol. The molecule has 0 aliphatic heterocycles. The van der Waals surface area contributed by atoms with Crippen molar-refractivity contribution in [2.24, 2.45) is 0 Å². The van der Waals surface area contributed by atoms with Gasteiger partial charge in [0, 0.05) is 0 Å². The van der Waals surface area contributed by atoms with E-state index in [0.717, 1.165) is 0 Å². The van der Waals surface area contributed by atoms with Crippen molar-refractivity contribution in [2.75, 3.05) is 19.8 Å². The molecule has 0 spiro atoms. The zero-order valence-electron chi connectivity index (χ0n) is 6.47. The van der Waals surface area contributed by atoms with Gasteiger partial charge in [-0.1, -0.05) is 6.08 Å². The van der Waals surface area contributed by atoms with Crippen molar-refractivity contribution in [1.82, 2.24) is 0 Å². The molecule has 2 atom stereocenters. The van der Waals surface area contributed by atoms with E-state index in [1.165, 1.54) is 6.08 Å². The first kappa shape index (κ1) is 11.7. The standard InChI is InChI=1S/C6H12O5S/c1-2-3-10-4-6(7)5-11-12(8)9/h2,6-7H,1,3-5H2,(H,8,9)/p-1. The summed E-state index contributed by atoms with van der Waals surface area (Å²) in [6, 6.07) is 0. The third-order valence-corrected chi connectivity index (χ3v) is 1.23. The molecule has 5 nitrogen and oxygen atoms in total. The van der Waals surface area contributed by atoms with Gasteiger partial charge in [-0.2, -0.15) is 0 Å². The number of hydrogen-bond acceptors (Lipinski definition) is 5. The van der Waals surface area contributed by atoms with Crippen LogP contribution in [0.4, 0.5) is 0 Å². The van der Waals surface area contributed by atoms with E-state index in [0.29, 0.717) is 6.61 Å². The van der Waals surface area contributed by atoms with Crippen molar-refractivity contribution in [2.45, 2.75) is 6.10 Å². The maximum atomic E-state index is 9.84. The molecule has 0 fully saturated rings. The molecule has 2 unspecified atom stereocenters. The highest BCUT2D eigenvalue weighted by Gasteiger charge is 2.03. The summed E-state index contributed by atoms with van der Waals surface area (Å²) in [4.78, 5) is 0. The lowest BCUT2D eigenvalue weighted by Crippen LogP contribution is -2.22. The highest BCUT2D eigenvalue weighted by molar-refractivity contribution is 7.74. The molecule has 6 heteroatoms. The van der Waals surface area contributed by atoms with E-state index in [1.807, 2.05) is 0 Å². The number of ether oxygens (including phenoxy) is 1. The molecule has 0 aromatic rings. The van der Waals surface area contributed by atoms with Crippen LogP contribution in [0, 0.1) is 0 Å². The van der Waals surface area contributed by atoms with Gasteiger partial charge in [-0.05, 0) is 0 Å². The summed E-state index contributed by atoms with van der Waals surface area (Å²) >= 11 is -2.58. The summed E-state index contributed by atoms with van der Waals surface area (Å²) < 4.78 is 28.6. The number of aliphatic hydroxyl groups excluding tert-OH is 1. The van der Waals surface area contributed by atoms with Crippen molar-refractivity contribution < 1.29 is 22.8 Å². The Balaban J connectivity index is 3.26. The van der Waals surface area contributed by atoms with E-state index >= 15 is 0 Å². The van der Waals surface area contributed by atoms with Crippen LogP contribution >= 0.6 is 0 Å². The molecular formula is C6H11O5S-. The first-order chi connectivity index (χ1) is 5.66. The molecule has 0 bridgehead atoms. The molecule has 0 heterocycles. The van der Waals surface area contributed by atoms with Crippen LogP contribution in [0.2, 0.25) is 0 Å². The number of aliphatic hydroxyl groups is 1. The van der Waals surface area contributed by atoms with E-state index in [-0.39, 0.29) is 13.2 Å². The zero-order chi connectivity index (χ0) is 9.40. The maximum Gasteiger partial charge on any atom is 0.102 e. The fourth-order valence-electron chi connectivity index (χ4n) is 0.470. The van der Waals surface area contributed by atoms with E-state index in [9.17, 15) is 8.76 Å². The summed E-state index contributed by atoms with van der Waals surface area (Å²) in [6.45, 7) is 3.46. The fourth-order valence-corrected chi connectivity index (χ4v) is 0.738. The molecule has 0 rings (SSSR count). The van der Waals surface area contributed by atoms with Crippen LogP contribution in [0.25, 0.3) is 0 Å². The zero-order valence-corrected chi connectivity index (χ0v) is 7.29. The average molecular weight is 195 g/mol. The molecule has 12 heavy (non-hydrogen) atoms. The van der Waals surface area contributed by atoms with Crippen LogP contribution in [0.5, 0.6) is 0 Å². The summed E-state index contributed by atoms with van der Waals surface area (Å²) in [5, 5.41) is 8.97. The molecule has 72 valence electrons. The second kappa shape index (κ2) is 7.38. The highest BCUT2D eigenvalue weighted by atomic mass is 32.2. The van der Waals surface area contributed by atoms with Gasteiger partial charge in [0.15, 0.2) is 0 Å². The predicted octanol–water partition coefficient (Wildman–Crippen LogP) is -0.639. The number of hydrogen-bond donors (Lipinski definition) is 1. The van der Waals surface area contributed by atoms with Crippen LogP contribution in [0.1, 0.15) is 0 Å². The Morgan fingerprint density at radius 3 is 2.83 bits per heavy atom. The Hall–Kier alpha value is -0.270. The molecular weight excluding hydrogens is 184 g/mol. The second-order valence-electron chi connectivity index (χ2n) is 1.97. The predicted molar refractivity (Wildman–Crippen MR) is 41.9 cm³/mol. The lowest BCUT2D eigenvalue weighted by molar-refractivity contribution is 0.0222. The maximum absolute atomic E-state index is 9.84. The molecule has 0 aliphatic rings. The minimum Gasteiger partial charge on any atom is -0.750 e. The van der Waals surface area contributed by atoms with Crippen LogP contribution < -0.4 is 0 Å². The van der Waals surface area contributed by atoms with Gasteiger partial charge in [-0.15, -0.1) is 6.58 Å². The van der Waals surface area contributed by atoms with Gasteiger partial charge < -0.3 is 14.4 Å². The van der Waals surface area contributed by atoms with Crippen LogP contribution in [-0.2, 0) is 20.3 Å². The van der Waals surface area contributed by atoms with Crippen LogP contribution in [0.15, 0.2) is 12.7 Å². The van der Waals surface area contributed by atoms with E-state index in [1.54, 1.807) is 0 Å². The van der Waals surface area contributed by atoms with Crippen LogP contribution in [0.3, 0.4) is 0 Å². The van der Waals surface area contributed by atoms with Gasteiger partial charge in [-0.25, -0.2) is 4.21 Å². The third-order valence-electron chi connectivity index (χ3n) is 0.903. The Labute approximate surface area is 73.5 Å². The smallest absolute Gasteiger partial charge is 0.102 e. The fraction of sp³-hybridized carbons (Fsp3) is 0.667. The molecule has 0 aromatic carbocycles. The van der Waals surface area contributed by atoms with Crippen molar-refractivity contribution in [1.29, 1.82) is 0 Å². The molecule has 0 saturated carbocycles. The first-order valence-electron chi connectivity index (χ1n) is 3.26. The van der Waals surface area contributed by atoms with E-state index < -0.39 is 17.5 Å². The summed E-state index contributed by atoms with van der Waals surface area (Å²) in [5.41, 5.74) is 0. The van der Waals surface area contributed by atoms with Gasteiger partial charge in [0.25, 0.3) is 0 Å². The topological polar surface area (TPSA) is 78.8 Å². The van der Waals surface area contributed by atoms with Gasteiger partial charge in [-0.3, -0.25) is 4.18 Å². The van der Waals surface area contributed by atoms with Crippen molar-refractivity contribution >= 4 is 11.4 Å². The normalized spacial score (nSPS) is 15.5. The van der Waals surface area contributed by atoms with Gasteiger partial charge >= 0.3 is 0 Å². The molecule has 0 saturated heterocycles. The molecule has 0 radical (unpaired) electrons. The Bertz CT molecular complexity index is 149. The summed E-state index contributed by atoms with van der Waals surface area (Å²) in [5.74, 6) is 0. The Morgan fingerprint density at radius 1 is 1.67 bits per heavy atom. The lowest BCUT2D eigenvalue weighted by atomic mass is 10.4.